The summed E-state index contributed by atoms with van der Waals surface area (Å²) in [5.41, 5.74) is 7.07. The molecule has 0 bridgehead atoms. The molecule has 0 aromatic heterocycles. The van der Waals surface area contributed by atoms with Crippen LogP contribution in [0.2, 0.25) is 0 Å². The summed E-state index contributed by atoms with van der Waals surface area (Å²) < 4.78 is 11.0. The summed E-state index contributed by atoms with van der Waals surface area (Å²) in [4.78, 5) is 0. The monoisotopic (exact) mass is 221 g/mol. The van der Waals surface area contributed by atoms with Crippen LogP contribution in [0.5, 0.6) is 5.75 Å². The van der Waals surface area contributed by atoms with Gasteiger partial charge in [-0.25, -0.2) is 0 Å². The van der Waals surface area contributed by atoms with Crippen molar-refractivity contribution in [1.29, 1.82) is 0 Å². The summed E-state index contributed by atoms with van der Waals surface area (Å²) in [5.74, 6) is 0.940. The van der Waals surface area contributed by atoms with Gasteiger partial charge in [-0.3, -0.25) is 0 Å². The van der Waals surface area contributed by atoms with Gasteiger partial charge in [0.25, 0.3) is 0 Å². The maximum Gasteiger partial charge on any atom is 0.119 e. The predicted molar refractivity (Wildman–Crippen MR) is 63.5 cm³/mol. The van der Waals surface area contributed by atoms with Gasteiger partial charge in [0.15, 0.2) is 0 Å². The fourth-order valence-electron chi connectivity index (χ4n) is 1.51. The van der Waals surface area contributed by atoms with E-state index >= 15 is 0 Å². The van der Waals surface area contributed by atoms with Gasteiger partial charge in [-0.15, -0.1) is 0 Å². The average molecular weight is 221 g/mol. The van der Waals surface area contributed by atoms with Gasteiger partial charge in [0.2, 0.25) is 0 Å². The number of hydrogen-bond donors (Lipinski definition) is 1. The lowest BCUT2D eigenvalue weighted by atomic mass is 10.1. The van der Waals surface area contributed by atoms with Crippen molar-refractivity contribution in [3.63, 3.8) is 0 Å². The molecule has 1 aliphatic carbocycles. The zero-order valence-electron chi connectivity index (χ0n) is 9.69. The van der Waals surface area contributed by atoms with Crippen LogP contribution in [0.1, 0.15) is 31.4 Å². The molecule has 1 saturated carbocycles. The highest BCUT2D eigenvalue weighted by molar-refractivity contribution is 5.29. The van der Waals surface area contributed by atoms with E-state index in [1.807, 2.05) is 31.2 Å². The van der Waals surface area contributed by atoms with Crippen molar-refractivity contribution >= 4 is 0 Å². The van der Waals surface area contributed by atoms with Gasteiger partial charge in [0.1, 0.15) is 5.75 Å². The Labute approximate surface area is 96.5 Å². The van der Waals surface area contributed by atoms with E-state index < -0.39 is 0 Å². The van der Waals surface area contributed by atoms with Crippen LogP contribution in [0.4, 0.5) is 0 Å². The largest absolute Gasteiger partial charge is 0.490 e. The molecule has 0 heterocycles. The highest BCUT2D eigenvalue weighted by Crippen LogP contribution is 2.27. The topological polar surface area (TPSA) is 44.5 Å². The maximum absolute atomic E-state index is 5.98. The Kier molecular flexibility index (Phi) is 3.80. The first-order valence-corrected chi connectivity index (χ1v) is 5.89. The minimum absolute atomic E-state index is 0.0464. The quantitative estimate of drug-likeness (QED) is 0.801. The fourth-order valence-corrected chi connectivity index (χ4v) is 1.51. The minimum Gasteiger partial charge on any atom is -0.490 e. The molecule has 0 amide bonds. The third-order valence-electron chi connectivity index (χ3n) is 2.64. The number of ether oxygens (including phenoxy) is 2. The molecule has 1 aliphatic rings. The first-order chi connectivity index (χ1) is 7.79. The summed E-state index contributed by atoms with van der Waals surface area (Å²) in [6.45, 7) is 3.25. The maximum atomic E-state index is 5.98. The summed E-state index contributed by atoms with van der Waals surface area (Å²) >= 11 is 0. The van der Waals surface area contributed by atoms with Gasteiger partial charge < -0.3 is 15.2 Å². The third kappa shape index (κ3) is 3.22. The summed E-state index contributed by atoms with van der Waals surface area (Å²) in [5, 5.41) is 0. The Hall–Kier alpha value is -1.06. The second-order valence-electron chi connectivity index (χ2n) is 4.15. The van der Waals surface area contributed by atoms with E-state index in [0.29, 0.717) is 19.3 Å². The van der Waals surface area contributed by atoms with Crippen LogP contribution in [0.15, 0.2) is 24.3 Å². The SMILES string of the molecule is CCOCC(N)c1ccc(OC2CC2)cc1. The van der Waals surface area contributed by atoms with Crippen LogP contribution in [-0.2, 0) is 4.74 Å². The Bertz CT molecular complexity index is 319. The zero-order chi connectivity index (χ0) is 11.4. The molecule has 2 rings (SSSR count). The van der Waals surface area contributed by atoms with Crippen molar-refractivity contribution in [2.45, 2.75) is 31.9 Å². The lowest BCUT2D eigenvalue weighted by Crippen LogP contribution is -2.16. The normalized spacial score (nSPS) is 17.1. The van der Waals surface area contributed by atoms with E-state index in [1.54, 1.807) is 0 Å². The minimum atomic E-state index is -0.0464. The van der Waals surface area contributed by atoms with Crippen LogP contribution in [0, 0.1) is 0 Å². The van der Waals surface area contributed by atoms with Gasteiger partial charge in [0.05, 0.1) is 18.8 Å². The molecule has 3 nitrogen and oxygen atoms in total. The Morgan fingerprint density at radius 3 is 2.56 bits per heavy atom. The molecule has 1 atom stereocenters. The molecule has 2 N–H and O–H groups in total. The van der Waals surface area contributed by atoms with E-state index in [1.165, 1.54) is 12.8 Å². The molecule has 0 saturated heterocycles. The molecule has 0 spiro atoms. The molecule has 0 radical (unpaired) electrons. The summed E-state index contributed by atoms with van der Waals surface area (Å²) in [6.07, 6.45) is 2.82. The first-order valence-electron chi connectivity index (χ1n) is 5.89. The van der Waals surface area contributed by atoms with Crippen molar-refractivity contribution in [3.8, 4) is 5.75 Å². The summed E-state index contributed by atoms with van der Waals surface area (Å²) in [6, 6.07) is 7.96. The predicted octanol–water partition coefficient (Wildman–Crippen LogP) is 2.26. The van der Waals surface area contributed by atoms with Gasteiger partial charge in [0, 0.05) is 6.61 Å². The molecule has 1 aromatic rings. The van der Waals surface area contributed by atoms with Crippen LogP contribution in [0.25, 0.3) is 0 Å². The van der Waals surface area contributed by atoms with E-state index in [-0.39, 0.29) is 6.04 Å². The van der Waals surface area contributed by atoms with Crippen molar-refractivity contribution in [3.05, 3.63) is 29.8 Å². The second-order valence-corrected chi connectivity index (χ2v) is 4.15. The molecule has 3 heteroatoms. The van der Waals surface area contributed by atoms with Gasteiger partial charge >= 0.3 is 0 Å². The number of rotatable bonds is 6. The van der Waals surface area contributed by atoms with Crippen LogP contribution in [0.3, 0.4) is 0 Å². The number of hydrogen-bond acceptors (Lipinski definition) is 3. The smallest absolute Gasteiger partial charge is 0.119 e. The van der Waals surface area contributed by atoms with Crippen molar-refractivity contribution in [2.75, 3.05) is 13.2 Å². The molecule has 1 fully saturated rings. The molecule has 88 valence electrons. The fraction of sp³-hybridized carbons (Fsp3) is 0.538. The standard InChI is InChI=1S/C13H19NO2/c1-2-15-9-13(14)10-3-5-11(6-4-10)16-12-7-8-12/h3-6,12-13H,2,7-9,14H2,1H3. The van der Waals surface area contributed by atoms with Crippen molar-refractivity contribution < 1.29 is 9.47 Å². The Balaban J connectivity index is 1.89. The molecule has 16 heavy (non-hydrogen) atoms. The summed E-state index contributed by atoms with van der Waals surface area (Å²) in [7, 11) is 0. The Morgan fingerprint density at radius 2 is 2.00 bits per heavy atom. The second kappa shape index (κ2) is 5.32. The van der Waals surface area contributed by atoms with E-state index in [4.69, 9.17) is 15.2 Å². The third-order valence-corrected chi connectivity index (χ3v) is 2.64. The highest BCUT2D eigenvalue weighted by Gasteiger charge is 2.23. The van der Waals surface area contributed by atoms with Crippen LogP contribution >= 0.6 is 0 Å². The molecule has 1 unspecified atom stereocenters. The van der Waals surface area contributed by atoms with Gasteiger partial charge in [-0.1, -0.05) is 12.1 Å². The van der Waals surface area contributed by atoms with Crippen molar-refractivity contribution in [1.82, 2.24) is 0 Å². The van der Waals surface area contributed by atoms with E-state index in [9.17, 15) is 0 Å². The lowest BCUT2D eigenvalue weighted by molar-refractivity contribution is 0.133. The van der Waals surface area contributed by atoms with Gasteiger partial charge in [-0.2, -0.15) is 0 Å². The molecule has 0 aliphatic heterocycles. The zero-order valence-corrected chi connectivity index (χ0v) is 9.69. The molecular weight excluding hydrogens is 202 g/mol. The Morgan fingerprint density at radius 1 is 1.31 bits per heavy atom. The van der Waals surface area contributed by atoms with E-state index in [0.717, 1.165) is 11.3 Å². The van der Waals surface area contributed by atoms with Gasteiger partial charge in [-0.05, 0) is 37.5 Å². The van der Waals surface area contributed by atoms with Crippen LogP contribution in [-0.4, -0.2) is 19.3 Å². The lowest BCUT2D eigenvalue weighted by Gasteiger charge is -2.12. The highest BCUT2D eigenvalue weighted by atomic mass is 16.5. The molecule has 1 aromatic carbocycles. The number of benzene rings is 1. The van der Waals surface area contributed by atoms with Crippen molar-refractivity contribution in [2.24, 2.45) is 5.73 Å². The molecular formula is C13H19NO2. The first kappa shape index (κ1) is 11.4. The average Bonchev–Trinajstić information content (AvgIpc) is 3.11. The number of nitrogens with two attached hydrogens (primary N) is 1. The van der Waals surface area contributed by atoms with E-state index in [2.05, 4.69) is 0 Å². The van der Waals surface area contributed by atoms with Crippen LogP contribution < -0.4 is 10.5 Å².